The molecule has 158 valence electrons. The zero-order valence-electron chi connectivity index (χ0n) is 17.9. The third-order valence-corrected chi connectivity index (χ3v) is 10.9. The van der Waals surface area contributed by atoms with Gasteiger partial charge in [-0.1, -0.05) is 26.8 Å². The minimum atomic E-state index is -2.20. The van der Waals surface area contributed by atoms with Gasteiger partial charge in [-0.2, -0.15) is 0 Å². The average molecular weight is 414 g/mol. The van der Waals surface area contributed by atoms with Gasteiger partial charge in [0.25, 0.3) is 0 Å². The number of nitrogens with two attached hydrogens (primary N) is 1. The fourth-order valence-corrected chi connectivity index (χ4v) is 5.24. The van der Waals surface area contributed by atoms with Crippen LogP contribution < -0.4 is 5.73 Å². The molecule has 1 aromatic rings. The predicted molar refractivity (Wildman–Crippen MR) is 107 cm³/mol. The van der Waals surface area contributed by atoms with Crippen molar-refractivity contribution in [2.45, 2.75) is 89.3 Å². The number of halogens is 2. The van der Waals surface area contributed by atoms with Crippen LogP contribution in [0.15, 0.2) is 18.2 Å². The molecule has 2 fully saturated rings. The van der Waals surface area contributed by atoms with Crippen molar-refractivity contribution < 1.29 is 22.7 Å². The monoisotopic (exact) mass is 413 g/mol. The number of hydrogen-bond acceptors (Lipinski definition) is 4. The molecule has 1 heterocycles. The summed E-state index contributed by atoms with van der Waals surface area (Å²) in [6.45, 7) is 14.5. The predicted octanol–water partition coefficient (Wildman–Crippen LogP) is 4.90. The average Bonchev–Trinajstić information content (AvgIpc) is 3.01. The van der Waals surface area contributed by atoms with E-state index in [1.54, 1.807) is 6.07 Å². The molecule has 28 heavy (non-hydrogen) atoms. The summed E-state index contributed by atoms with van der Waals surface area (Å²) >= 11 is 0. The second kappa shape index (κ2) is 7.13. The van der Waals surface area contributed by atoms with Crippen molar-refractivity contribution in [1.82, 2.24) is 0 Å². The first kappa shape index (κ1) is 21.8. The maximum Gasteiger partial charge on any atom is 0.192 e. The van der Waals surface area contributed by atoms with Gasteiger partial charge in [-0.05, 0) is 56.1 Å². The minimum Gasteiger partial charge on any atom is -0.410 e. The third kappa shape index (κ3) is 4.05. The molecule has 1 aromatic carbocycles. The summed E-state index contributed by atoms with van der Waals surface area (Å²) in [6, 6.07) is 3.82. The van der Waals surface area contributed by atoms with E-state index < -0.39 is 31.8 Å². The van der Waals surface area contributed by atoms with E-state index in [4.69, 9.17) is 19.6 Å². The van der Waals surface area contributed by atoms with Crippen molar-refractivity contribution >= 4 is 8.32 Å². The summed E-state index contributed by atoms with van der Waals surface area (Å²) in [7, 11) is -2.20. The Labute approximate surface area is 167 Å². The molecule has 2 N–H and O–H groups in total. The lowest BCUT2D eigenvalue weighted by atomic mass is 9.92. The van der Waals surface area contributed by atoms with E-state index in [1.165, 1.54) is 6.07 Å². The molecule has 0 bridgehead atoms. The first-order chi connectivity index (χ1) is 12.7. The Morgan fingerprint density at radius 3 is 2.32 bits per heavy atom. The first-order valence-corrected chi connectivity index (χ1v) is 12.9. The van der Waals surface area contributed by atoms with Gasteiger partial charge in [0.1, 0.15) is 6.10 Å². The molecule has 5 unspecified atom stereocenters. The van der Waals surface area contributed by atoms with Crippen LogP contribution in [0.3, 0.4) is 0 Å². The van der Waals surface area contributed by atoms with Gasteiger partial charge in [0, 0.05) is 12.0 Å². The molecule has 3 rings (SSSR count). The Kier molecular flexibility index (Phi) is 5.56. The molecule has 0 radical (unpaired) electrons. The van der Waals surface area contributed by atoms with E-state index in [0.717, 1.165) is 6.07 Å². The number of ether oxygens (including phenoxy) is 2. The maximum atomic E-state index is 14.1. The highest BCUT2D eigenvalue weighted by Gasteiger charge is 2.56. The van der Waals surface area contributed by atoms with Crippen LogP contribution >= 0.6 is 0 Å². The normalized spacial score (nSPS) is 31.1. The molecular weight excluding hydrogens is 380 g/mol. The van der Waals surface area contributed by atoms with Gasteiger partial charge in [-0.15, -0.1) is 0 Å². The highest BCUT2D eigenvalue weighted by molar-refractivity contribution is 6.74. The van der Waals surface area contributed by atoms with Crippen LogP contribution in [-0.2, 0) is 13.9 Å². The minimum absolute atomic E-state index is 0.0315. The van der Waals surface area contributed by atoms with Gasteiger partial charge in [0.2, 0.25) is 0 Å². The van der Waals surface area contributed by atoms with E-state index in [1.807, 2.05) is 13.8 Å². The molecule has 0 aromatic heterocycles. The second-order valence-corrected chi connectivity index (χ2v) is 14.9. The van der Waals surface area contributed by atoms with E-state index in [9.17, 15) is 8.78 Å². The molecule has 1 aliphatic carbocycles. The fraction of sp³-hybridized carbons (Fsp3) is 0.714. The molecule has 5 atom stereocenters. The molecule has 4 nitrogen and oxygen atoms in total. The van der Waals surface area contributed by atoms with Crippen LogP contribution in [0.5, 0.6) is 0 Å². The summed E-state index contributed by atoms with van der Waals surface area (Å²) in [5.74, 6) is -2.55. The van der Waals surface area contributed by atoms with Crippen molar-refractivity contribution in [2.75, 3.05) is 0 Å². The third-order valence-electron chi connectivity index (χ3n) is 6.44. The number of fused-ring (bicyclic) bond motifs is 1. The molecule has 0 amide bonds. The largest absolute Gasteiger partial charge is 0.410 e. The van der Waals surface area contributed by atoms with Crippen LogP contribution in [-0.4, -0.2) is 32.4 Å². The Morgan fingerprint density at radius 1 is 1.14 bits per heavy atom. The highest BCUT2D eigenvalue weighted by Crippen LogP contribution is 2.49. The van der Waals surface area contributed by atoms with Crippen LogP contribution in [0.1, 0.15) is 52.7 Å². The molecule has 1 saturated carbocycles. The highest BCUT2D eigenvalue weighted by atomic mass is 28.4. The quantitative estimate of drug-likeness (QED) is 0.714. The molecule has 0 spiro atoms. The van der Waals surface area contributed by atoms with Crippen LogP contribution in [0.4, 0.5) is 8.78 Å². The summed E-state index contributed by atoms with van der Waals surface area (Å²) < 4.78 is 46.6. The lowest BCUT2D eigenvalue weighted by molar-refractivity contribution is -0.162. The topological polar surface area (TPSA) is 53.7 Å². The van der Waals surface area contributed by atoms with Gasteiger partial charge in [-0.25, -0.2) is 8.78 Å². The van der Waals surface area contributed by atoms with Crippen LogP contribution in [0.25, 0.3) is 0 Å². The molecular formula is C21H33F2NO3Si. The zero-order valence-corrected chi connectivity index (χ0v) is 18.9. The summed E-state index contributed by atoms with van der Waals surface area (Å²) in [6.07, 6.45) is -0.262. The van der Waals surface area contributed by atoms with Gasteiger partial charge >= 0.3 is 0 Å². The lowest BCUT2D eigenvalue weighted by Crippen LogP contribution is -2.44. The molecule has 7 heteroatoms. The first-order valence-electron chi connectivity index (χ1n) is 9.96. The van der Waals surface area contributed by atoms with Crippen LogP contribution in [0.2, 0.25) is 18.1 Å². The summed E-state index contributed by atoms with van der Waals surface area (Å²) in [5, 5.41) is -0.0315. The van der Waals surface area contributed by atoms with Crippen molar-refractivity contribution in [3.8, 4) is 0 Å². The second-order valence-electron chi connectivity index (χ2n) is 10.1. The Balaban J connectivity index is 2.00. The maximum absolute atomic E-state index is 14.1. The van der Waals surface area contributed by atoms with Gasteiger partial charge in [-0.3, -0.25) is 0 Å². The lowest BCUT2D eigenvalue weighted by Gasteiger charge is -2.42. The van der Waals surface area contributed by atoms with Gasteiger partial charge < -0.3 is 19.6 Å². The fourth-order valence-electron chi connectivity index (χ4n) is 3.94. The zero-order chi connectivity index (χ0) is 21.1. The van der Waals surface area contributed by atoms with E-state index in [2.05, 4.69) is 33.9 Å². The molecule has 2 aliphatic rings. The number of hydrogen-bond donors (Lipinski definition) is 1. The van der Waals surface area contributed by atoms with Crippen LogP contribution in [0, 0.1) is 17.6 Å². The number of rotatable bonds is 4. The van der Waals surface area contributed by atoms with Crippen molar-refractivity contribution in [1.29, 1.82) is 0 Å². The van der Waals surface area contributed by atoms with Crippen molar-refractivity contribution in [2.24, 2.45) is 11.7 Å². The molecule has 1 aliphatic heterocycles. The van der Waals surface area contributed by atoms with Gasteiger partial charge in [0.15, 0.2) is 25.7 Å². The van der Waals surface area contributed by atoms with Gasteiger partial charge in [0.05, 0.1) is 12.2 Å². The summed E-state index contributed by atoms with van der Waals surface area (Å²) in [4.78, 5) is 0. The SMILES string of the molecule is CC1(C)OC2C(N)CC(C(O[Si](C)(C)C(C)(C)C)c3ccc(F)c(F)c3)C2O1. The van der Waals surface area contributed by atoms with E-state index >= 15 is 0 Å². The Hall–Kier alpha value is -0.863. The smallest absolute Gasteiger partial charge is 0.192 e. The standard InChI is InChI=1S/C21H33F2NO3Si/c1-20(2,3)28(6,7)27-17(12-8-9-14(22)15(23)10-12)13-11-16(24)19-18(13)25-21(4,5)26-19/h8-10,13,16-19H,11,24H2,1-7H3. The Bertz CT molecular complexity index is 735. The number of benzene rings is 1. The van der Waals surface area contributed by atoms with Crippen molar-refractivity contribution in [3.63, 3.8) is 0 Å². The summed E-state index contributed by atoms with van der Waals surface area (Å²) in [5.41, 5.74) is 6.99. The Morgan fingerprint density at radius 2 is 1.75 bits per heavy atom. The van der Waals surface area contributed by atoms with E-state index in [-0.39, 0.29) is 29.2 Å². The molecule has 1 saturated heterocycles. The van der Waals surface area contributed by atoms with E-state index in [0.29, 0.717) is 12.0 Å². The van der Waals surface area contributed by atoms with Crippen molar-refractivity contribution in [3.05, 3.63) is 35.4 Å².